The number of hydrogen-bond donors (Lipinski definition) is 2. The summed E-state index contributed by atoms with van der Waals surface area (Å²) >= 11 is 0. The summed E-state index contributed by atoms with van der Waals surface area (Å²) < 4.78 is 5.06. The van der Waals surface area contributed by atoms with Gasteiger partial charge in [-0.25, -0.2) is 0 Å². The van der Waals surface area contributed by atoms with E-state index < -0.39 is 8.60 Å². The zero-order valence-electron chi connectivity index (χ0n) is 9.81. The molecule has 0 bridgehead atoms. The minimum absolute atomic E-state index is 0.615. The van der Waals surface area contributed by atoms with E-state index in [2.05, 4.69) is 19.9 Å². The highest BCUT2D eigenvalue weighted by molar-refractivity contribution is 7.39. The Labute approximate surface area is 98.1 Å². The monoisotopic (exact) mass is 242 g/mol. The maximum Gasteiger partial charge on any atom is 0.391 e. The third kappa shape index (κ3) is 3.75. The van der Waals surface area contributed by atoms with Crippen molar-refractivity contribution in [2.24, 2.45) is 0 Å². The van der Waals surface area contributed by atoms with Crippen molar-refractivity contribution in [3.63, 3.8) is 0 Å². The summed E-state index contributed by atoms with van der Waals surface area (Å²) in [6, 6.07) is 5.78. The van der Waals surface area contributed by atoms with E-state index in [9.17, 15) is 0 Å². The zero-order chi connectivity index (χ0) is 12.0. The van der Waals surface area contributed by atoms with Gasteiger partial charge in [0, 0.05) is 0 Å². The standard InChI is InChI=1S/C12H19O3P/c1-3-6-10-8-5-9-12(15-16(13)14)11(10)7-4-2/h5,8-9,13-14H,3-4,6-7H2,1-2H3. The van der Waals surface area contributed by atoms with Crippen LogP contribution in [-0.4, -0.2) is 9.79 Å². The molecule has 0 spiro atoms. The lowest BCUT2D eigenvalue weighted by molar-refractivity contribution is 0.373. The van der Waals surface area contributed by atoms with Crippen LogP contribution in [0.5, 0.6) is 5.75 Å². The highest BCUT2D eigenvalue weighted by atomic mass is 31.2. The predicted octanol–water partition coefficient (Wildman–Crippen LogP) is 3.18. The maximum atomic E-state index is 8.92. The number of rotatable bonds is 6. The molecular weight excluding hydrogens is 223 g/mol. The van der Waals surface area contributed by atoms with Crippen molar-refractivity contribution in [1.29, 1.82) is 0 Å². The third-order valence-corrected chi connectivity index (χ3v) is 2.79. The second-order valence-electron chi connectivity index (χ2n) is 3.74. The van der Waals surface area contributed by atoms with Gasteiger partial charge in [-0.15, -0.1) is 0 Å². The van der Waals surface area contributed by atoms with Crippen LogP contribution in [-0.2, 0) is 12.8 Å². The molecule has 1 aromatic carbocycles. The molecular formula is C12H19O3P. The molecule has 0 aliphatic carbocycles. The van der Waals surface area contributed by atoms with E-state index in [0.717, 1.165) is 31.2 Å². The van der Waals surface area contributed by atoms with E-state index >= 15 is 0 Å². The lowest BCUT2D eigenvalue weighted by Gasteiger charge is -2.14. The van der Waals surface area contributed by atoms with Crippen LogP contribution in [0, 0.1) is 0 Å². The topological polar surface area (TPSA) is 49.7 Å². The van der Waals surface area contributed by atoms with Crippen molar-refractivity contribution in [3.05, 3.63) is 29.3 Å². The Kier molecular flexibility index (Phi) is 5.75. The summed E-state index contributed by atoms with van der Waals surface area (Å²) in [7, 11) is -2.33. The first-order valence-electron chi connectivity index (χ1n) is 5.65. The van der Waals surface area contributed by atoms with Crippen LogP contribution >= 0.6 is 8.60 Å². The van der Waals surface area contributed by atoms with E-state index in [1.165, 1.54) is 5.56 Å². The second-order valence-corrected chi connectivity index (χ2v) is 4.43. The van der Waals surface area contributed by atoms with Gasteiger partial charge in [0.2, 0.25) is 0 Å². The lowest BCUT2D eigenvalue weighted by atomic mass is 9.99. The molecule has 4 heteroatoms. The second kappa shape index (κ2) is 6.85. The molecule has 3 nitrogen and oxygen atoms in total. The fourth-order valence-corrected chi connectivity index (χ4v) is 2.17. The molecule has 0 radical (unpaired) electrons. The van der Waals surface area contributed by atoms with Gasteiger partial charge in [-0.05, 0) is 30.0 Å². The average Bonchev–Trinajstić information content (AvgIpc) is 2.22. The van der Waals surface area contributed by atoms with Gasteiger partial charge in [0.15, 0.2) is 0 Å². The Morgan fingerprint density at radius 3 is 2.38 bits per heavy atom. The lowest BCUT2D eigenvalue weighted by Crippen LogP contribution is -1.98. The van der Waals surface area contributed by atoms with Crippen LogP contribution in [0.1, 0.15) is 37.8 Å². The summed E-state index contributed by atoms with van der Waals surface area (Å²) in [4.78, 5) is 17.8. The molecule has 0 amide bonds. The van der Waals surface area contributed by atoms with Gasteiger partial charge in [0.05, 0.1) is 0 Å². The van der Waals surface area contributed by atoms with Crippen LogP contribution < -0.4 is 4.52 Å². The largest absolute Gasteiger partial charge is 0.427 e. The van der Waals surface area contributed by atoms with E-state index in [1.807, 2.05) is 6.07 Å². The van der Waals surface area contributed by atoms with Gasteiger partial charge in [0.1, 0.15) is 5.75 Å². The first kappa shape index (κ1) is 13.4. The molecule has 0 aliphatic rings. The molecule has 0 aliphatic heterocycles. The molecule has 0 unspecified atom stereocenters. The van der Waals surface area contributed by atoms with Gasteiger partial charge in [-0.3, -0.25) is 0 Å². The molecule has 90 valence electrons. The summed E-state index contributed by atoms with van der Waals surface area (Å²) in [6.07, 6.45) is 4.01. The Bertz CT molecular complexity index is 326. The van der Waals surface area contributed by atoms with Crippen molar-refractivity contribution < 1.29 is 14.3 Å². The van der Waals surface area contributed by atoms with Crippen LogP contribution in [0.25, 0.3) is 0 Å². The van der Waals surface area contributed by atoms with E-state index in [-0.39, 0.29) is 0 Å². The van der Waals surface area contributed by atoms with Crippen LogP contribution in [0.3, 0.4) is 0 Å². The third-order valence-electron chi connectivity index (χ3n) is 2.43. The molecule has 0 atom stereocenters. The fourth-order valence-electron chi connectivity index (χ4n) is 1.82. The van der Waals surface area contributed by atoms with Crippen LogP contribution in [0.2, 0.25) is 0 Å². The molecule has 0 saturated heterocycles. The highest BCUT2D eigenvalue weighted by Crippen LogP contribution is 2.34. The van der Waals surface area contributed by atoms with Crippen molar-refractivity contribution in [2.45, 2.75) is 39.5 Å². The average molecular weight is 242 g/mol. The SMILES string of the molecule is CCCc1cccc(OP(O)O)c1CCC. The van der Waals surface area contributed by atoms with Gasteiger partial charge < -0.3 is 14.3 Å². The van der Waals surface area contributed by atoms with Crippen LogP contribution in [0.4, 0.5) is 0 Å². The Hall–Kier alpha value is -0.630. The summed E-state index contributed by atoms with van der Waals surface area (Å²) in [5, 5.41) is 0. The van der Waals surface area contributed by atoms with Gasteiger partial charge in [0.25, 0.3) is 0 Å². The van der Waals surface area contributed by atoms with E-state index in [4.69, 9.17) is 14.3 Å². The minimum Gasteiger partial charge on any atom is -0.427 e. The molecule has 0 saturated carbocycles. The molecule has 0 heterocycles. The quantitative estimate of drug-likeness (QED) is 0.753. The Morgan fingerprint density at radius 1 is 1.12 bits per heavy atom. The van der Waals surface area contributed by atoms with Crippen molar-refractivity contribution in [2.75, 3.05) is 0 Å². The number of hydrogen-bond acceptors (Lipinski definition) is 3. The Morgan fingerprint density at radius 2 is 1.81 bits per heavy atom. The Balaban J connectivity index is 3.00. The van der Waals surface area contributed by atoms with Crippen molar-refractivity contribution in [1.82, 2.24) is 0 Å². The molecule has 2 N–H and O–H groups in total. The van der Waals surface area contributed by atoms with Crippen LogP contribution in [0.15, 0.2) is 18.2 Å². The smallest absolute Gasteiger partial charge is 0.391 e. The fraction of sp³-hybridized carbons (Fsp3) is 0.500. The minimum atomic E-state index is -2.33. The number of aryl methyl sites for hydroxylation is 1. The maximum absolute atomic E-state index is 8.92. The molecule has 1 rings (SSSR count). The highest BCUT2D eigenvalue weighted by Gasteiger charge is 2.11. The summed E-state index contributed by atoms with van der Waals surface area (Å²) in [5.74, 6) is 0.615. The van der Waals surface area contributed by atoms with Gasteiger partial charge in [-0.2, -0.15) is 0 Å². The molecule has 1 aromatic rings. The van der Waals surface area contributed by atoms with E-state index in [0.29, 0.717) is 5.75 Å². The van der Waals surface area contributed by atoms with Crippen molar-refractivity contribution >= 4 is 8.60 Å². The molecule has 0 aromatic heterocycles. The zero-order valence-corrected chi connectivity index (χ0v) is 10.7. The van der Waals surface area contributed by atoms with Gasteiger partial charge >= 0.3 is 8.60 Å². The van der Waals surface area contributed by atoms with Crippen molar-refractivity contribution in [3.8, 4) is 5.75 Å². The normalized spacial score (nSPS) is 10.8. The molecule has 0 fully saturated rings. The van der Waals surface area contributed by atoms with E-state index in [1.54, 1.807) is 6.07 Å². The first-order valence-corrected chi connectivity index (χ1v) is 6.82. The molecule has 16 heavy (non-hydrogen) atoms. The predicted molar refractivity (Wildman–Crippen MR) is 66.4 cm³/mol. The van der Waals surface area contributed by atoms with Gasteiger partial charge in [-0.1, -0.05) is 38.8 Å². The summed E-state index contributed by atoms with van der Waals surface area (Å²) in [6.45, 7) is 4.24. The number of benzene rings is 1. The first-order chi connectivity index (χ1) is 7.69. The summed E-state index contributed by atoms with van der Waals surface area (Å²) in [5.41, 5.74) is 2.36.